The number of hydrogen-bond donors (Lipinski definition) is 1. The molecule has 0 aliphatic heterocycles. The van der Waals surface area contributed by atoms with Crippen LogP contribution in [0.5, 0.6) is 0 Å². The van der Waals surface area contributed by atoms with Gasteiger partial charge in [0.25, 0.3) is 0 Å². The first-order valence-corrected chi connectivity index (χ1v) is 8.67. The molecule has 0 aromatic carbocycles. The molecule has 3 nitrogen and oxygen atoms in total. The fraction of sp³-hybridized carbons (Fsp3) is 0.941. The average molecular weight is 285 g/mol. The average Bonchev–Trinajstić information content (AvgIpc) is 2.46. The summed E-state index contributed by atoms with van der Waals surface area (Å²) in [5.74, 6) is -0.0949. The van der Waals surface area contributed by atoms with Crippen LogP contribution in [0, 0.1) is 0 Å². The lowest BCUT2D eigenvalue weighted by atomic mass is 10.0. The fourth-order valence-electron chi connectivity index (χ4n) is 2.36. The number of nitrogens with two attached hydrogens (primary N) is 1. The highest BCUT2D eigenvalue weighted by Gasteiger charge is 2.01. The second kappa shape index (κ2) is 16.5. The molecule has 0 fully saturated rings. The van der Waals surface area contributed by atoms with E-state index in [1.165, 1.54) is 64.2 Å². The number of esters is 1. The molecule has 0 bridgehead atoms. The summed E-state index contributed by atoms with van der Waals surface area (Å²) in [5.41, 5.74) is 5.27. The van der Waals surface area contributed by atoms with Gasteiger partial charge in [0.1, 0.15) is 6.61 Å². The van der Waals surface area contributed by atoms with Crippen LogP contribution in [0.15, 0.2) is 0 Å². The molecule has 2 N–H and O–H groups in total. The normalized spacial score (nSPS) is 10.7. The van der Waals surface area contributed by atoms with Crippen molar-refractivity contribution in [3.63, 3.8) is 0 Å². The van der Waals surface area contributed by atoms with Crippen molar-refractivity contribution in [2.24, 2.45) is 5.73 Å². The van der Waals surface area contributed by atoms with Gasteiger partial charge in [-0.05, 0) is 6.42 Å². The zero-order valence-electron chi connectivity index (χ0n) is 13.5. The molecule has 3 heteroatoms. The maximum absolute atomic E-state index is 11.2. The third-order valence-electron chi connectivity index (χ3n) is 3.62. The lowest BCUT2D eigenvalue weighted by Gasteiger charge is -2.04. The van der Waals surface area contributed by atoms with Crippen molar-refractivity contribution in [2.75, 3.05) is 13.2 Å². The summed E-state index contributed by atoms with van der Waals surface area (Å²) in [5, 5.41) is 0. The van der Waals surface area contributed by atoms with Gasteiger partial charge in [0.15, 0.2) is 0 Å². The highest BCUT2D eigenvalue weighted by atomic mass is 16.5. The Bertz CT molecular complexity index is 207. The van der Waals surface area contributed by atoms with Gasteiger partial charge in [-0.25, -0.2) is 0 Å². The molecular weight excluding hydrogens is 250 g/mol. The number of carbonyl (C=O) groups is 1. The van der Waals surface area contributed by atoms with Crippen LogP contribution in [-0.4, -0.2) is 19.1 Å². The minimum absolute atomic E-state index is 0.0949. The zero-order chi connectivity index (χ0) is 14.9. The Morgan fingerprint density at radius 3 is 1.70 bits per heavy atom. The standard InChI is InChI=1S/C17H35NO2/c1-2-3-4-5-6-7-8-9-10-11-12-13-14-17(19)20-16-15-18/h2-16,18H2,1H3. The molecule has 0 aromatic heterocycles. The van der Waals surface area contributed by atoms with Crippen molar-refractivity contribution in [3.8, 4) is 0 Å². The van der Waals surface area contributed by atoms with Gasteiger partial charge in [-0.2, -0.15) is 0 Å². The third kappa shape index (κ3) is 15.5. The molecule has 0 saturated heterocycles. The van der Waals surface area contributed by atoms with E-state index in [4.69, 9.17) is 10.5 Å². The van der Waals surface area contributed by atoms with Gasteiger partial charge >= 0.3 is 5.97 Å². The second-order valence-electron chi connectivity index (χ2n) is 5.65. The predicted molar refractivity (Wildman–Crippen MR) is 85.7 cm³/mol. The van der Waals surface area contributed by atoms with E-state index in [1.54, 1.807) is 0 Å². The molecule has 0 aliphatic rings. The summed E-state index contributed by atoms with van der Waals surface area (Å²) < 4.78 is 4.93. The maximum Gasteiger partial charge on any atom is 0.305 e. The summed E-state index contributed by atoms with van der Waals surface area (Å²) in [6.45, 7) is 3.04. The minimum Gasteiger partial charge on any atom is -0.464 e. The summed E-state index contributed by atoms with van der Waals surface area (Å²) >= 11 is 0. The molecule has 0 saturated carbocycles. The molecule has 0 aliphatic carbocycles. The highest BCUT2D eigenvalue weighted by Crippen LogP contribution is 2.12. The van der Waals surface area contributed by atoms with E-state index in [0.717, 1.165) is 12.8 Å². The minimum atomic E-state index is -0.0949. The Balaban J connectivity index is 3.04. The first-order chi connectivity index (χ1) is 9.81. The lowest BCUT2D eigenvalue weighted by molar-refractivity contribution is -0.143. The van der Waals surface area contributed by atoms with Crippen LogP contribution in [0.3, 0.4) is 0 Å². The molecule has 0 aromatic rings. The number of ether oxygens (including phenoxy) is 1. The topological polar surface area (TPSA) is 52.3 Å². The van der Waals surface area contributed by atoms with Gasteiger partial charge in [-0.3, -0.25) is 4.79 Å². The summed E-state index contributed by atoms with van der Waals surface area (Å²) in [7, 11) is 0. The van der Waals surface area contributed by atoms with Gasteiger partial charge in [-0.15, -0.1) is 0 Å². The first-order valence-electron chi connectivity index (χ1n) is 8.67. The van der Waals surface area contributed by atoms with Crippen molar-refractivity contribution in [3.05, 3.63) is 0 Å². The van der Waals surface area contributed by atoms with E-state index in [1.807, 2.05) is 0 Å². The Morgan fingerprint density at radius 1 is 0.800 bits per heavy atom. The Hall–Kier alpha value is -0.570. The van der Waals surface area contributed by atoms with Crippen molar-refractivity contribution in [1.29, 1.82) is 0 Å². The molecule has 0 radical (unpaired) electrons. The summed E-state index contributed by atoms with van der Waals surface area (Å²) in [6, 6.07) is 0. The van der Waals surface area contributed by atoms with Gasteiger partial charge in [0, 0.05) is 13.0 Å². The smallest absolute Gasteiger partial charge is 0.305 e. The predicted octanol–water partition coefficient (Wildman–Crippen LogP) is 4.58. The third-order valence-corrected chi connectivity index (χ3v) is 3.62. The van der Waals surface area contributed by atoms with E-state index in [0.29, 0.717) is 19.6 Å². The van der Waals surface area contributed by atoms with Crippen molar-refractivity contribution < 1.29 is 9.53 Å². The molecule has 0 spiro atoms. The van der Waals surface area contributed by atoms with E-state index < -0.39 is 0 Å². The maximum atomic E-state index is 11.2. The lowest BCUT2D eigenvalue weighted by Crippen LogP contribution is -2.13. The number of hydrogen-bond acceptors (Lipinski definition) is 3. The summed E-state index contributed by atoms with van der Waals surface area (Å²) in [6.07, 6.45) is 16.3. The fourth-order valence-corrected chi connectivity index (χ4v) is 2.36. The number of rotatable bonds is 15. The van der Waals surface area contributed by atoms with Crippen LogP contribution in [0.4, 0.5) is 0 Å². The van der Waals surface area contributed by atoms with E-state index in [2.05, 4.69) is 6.92 Å². The van der Waals surface area contributed by atoms with Crippen LogP contribution >= 0.6 is 0 Å². The quantitative estimate of drug-likeness (QED) is 0.354. The second-order valence-corrected chi connectivity index (χ2v) is 5.65. The number of carbonyl (C=O) groups excluding carboxylic acids is 1. The Labute approximate surface area is 125 Å². The summed E-state index contributed by atoms with van der Waals surface area (Å²) in [4.78, 5) is 11.2. The van der Waals surface area contributed by atoms with E-state index in [9.17, 15) is 4.79 Å². The van der Waals surface area contributed by atoms with Crippen LogP contribution in [0.2, 0.25) is 0 Å². The molecule has 0 atom stereocenters. The van der Waals surface area contributed by atoms with Crippen molar-refractivity contribution >= 4 is 5.97 Å². The van der Waals surface area contributed by atoms with Crippen LogP contribution in [0.25, 0.3) is 0 Å². The monoisotopic (exact) mass is 285 g/mol. The molecular formula is C17H35NO2. The molecule has 120 valence electrons. The van der Waals surface area contributed by atoms with E-state index >= 15 is 0 Å². The van der Waals surface area contributed by atoms with Crippen LogP contribution in [0.1, 0.15) is 90.4 Å². The zero-order valence-corrected chi connectivity index (χ0v) is 13.5. The van der Waals surface area contributed by atoms with Crippen molar-refractivity contribution in [2.45, 2.75) is 90.4 Å². The van der Waals surface area contributed by atoms with Gasteiger partial charge < -0.3 is 10.5 Å². The molecule has 0 rings (SSSR count). The molecule has 20 heavy (non-hydrogen) atoms. The van der Waals surface area contributed by atoms with Crippen molar-refractivity contribution in [1.82, 2.24) is 0 Å². The van der Waals surface area contributed by atoms with E-state index in [-0.39, 0.29) is 5.97 Å². The molecule has 0 amide bonds. The van der Waals surface area contributed by atoms with Crippen LogP contribution < -0.4 is 5.73 Å². The Kier molecular flexibility index (Phi) is 16.0. The van der Waals surface area contributed by atoms with Gasteiger partial charge in [0.05, 0.1) is 0 Å². The highest BCUT2D eigenvalue weighted by molar-refractivity contribution is 5.69. The van der Waals surface area contributed by atoms with Gasteiger partial charge in [0.2, 0.25) is 0 Å². The first kappa shape index (κ1) is 19.4. The Morgan fingerprint density at radius 2 is 1.25 bits per heavy atom. The van der Waals surface area contributed by atoms with Crippen LogP contribution in [-0.2, 0) is 9.53 Å². The molecule has 0 unspecified atom stereocenters. The van der Waals surface area contributed by atoms with Gasteiger partial charge in [-0.1, -0.05) is 77.6 Å². The number of unbranched alkanes of at least 4 members (excludes halogenated alkanes) is 11. The largest absolute Gasteiger partial charge is 0.464 e. The SMILES string of the molecule is CCCCCCCCCCCCCCC(=O)OCCN. The molecule has 0 heterocycles.